The van der Waals surface area contributed by atoms with Crippen molar-refractivity contribution < 1.29 is 9.84 Å². The Balaban J connectivity index is 0.00000225. The van der Waals surface area contributed by atoms with Crippen LogP contribution in [-0.2, 0) is 0 Å². The number of piperazine rings is 1. The molecule has 0 amide bonds. The largest absolute Gasteiger partial charge is 0.495 e. The summed E-state index contributed by atoms with van der Waals surface area (Å²) in [4.78, 5) is 4.72. The number of aliphatic hydroxyl groups is 1. The number of para-hydroxylation sites is 2. The van der Waals surface area contributed by atoms with Crippen LogP contribution in [0, 0.1) is 0 Å². The summed E-state index contributed by atoms with van der Waals surface area (Å²) in [6.07, 6.45) is -0.455. The van der Waals surface area contributed by atoms with E-state index >= 15 is 0 Å². The molecule has 4 heteroatoms. The van der Waals surface area contributed by atoms with Crippen molar-refractivity contribution in [1.29, 1.82) is 0 Å². The fourth-order valence-electron chi connectivity index (χ4n) is 3.39. The quantitative estimate of drug-likeness (QED) is 0.901. The van der Waals surface area contributed by atoms with Gasteiger partial charge < -0.3 is 14.7 Å². The Bertz CT molecular complexity index is 639. The predicted molar refractivity (Wildman–Crippen MR) is 104 cm³/mol. The normalized spacial score (nSPS) is 17.5. The van der Waals surface area contributed by atoms with Crippen LogP contribution in [0.1, 0.15) is 26.0 Å². The summed E-state index contributed by atoms with van der Waals surface area (Å²) in [5.41, 5.74) is 2.13. The molecule has 2 unspecified atom stereocenters. The van der Waals surface area contributed by atoms with Crippen molar-refractivity contribution in [1.82, 2.24) is 4.90 Å². The molecule has 1 aliphatic heterocycles. The van der Waals surface area contributed by atoms with Crippen LogP contribution in [-0.4, -0.2) is 49.3 Å². The van der Waals surface area contributed by atoms with Crippen LogP contribution in [0.25, 0.3) is 0 Å². The molecule has 2 aromatic rings. The van der Waals surface area contributed by atoms with Crippen LogP contribution in [0.15, 0.2) is 54.6 Å². The lowest BCUT2D eigenvalue weighted by atomic mass is 10.0. The second kappa shape index (κ2) is 8.88. The molecule has 0 aliphatic carbocycles. The maximum Gasteiger partial charge on any atom is 0.142 e. The van der Waals surface area contributed by atoms with Crippen molar-refractivity contribution in [3.8, 4) is 5.75 Å². The van der Waals surface area contributed by atoms with Gasteiger partial charge in [0.25, 0.3) is 0 Å². The van der Waals surface area contributed by atoms with Crippen LogP contribution in [0.5, 0.6) is 5.75 Å². The predicted octanol–water partition coefficient (Wildman–Crippen LogP) is 3.58. The first-order valence-corrected chi connectivity index (χ1v) is 8.55. The first-order valence-electron chi connectivity index (χ1n) is 8.55. The molecule has 136 valence electrons. The highest BCUT2D eigenvalue weighted by Crippen LogP contribution is 2.29. The smallest absolute Gasteiger partial charge is 0.142 e. The minimum atomic E-state index is -0.455. The molecule has 0 spiro atoms. The van der Waals surface area contributed by atoms with E-state index in [-0.39, 0.29) is 13.5 Å². The topological polar surface area (TPSA) is 35.9 Å². The van der Waals surface area contributed by atoms with Gasteiger partial charge in [-0.05, 0) is 24.6 Å². The van der Waals surface area contributed by atoms with Crippen LogP contribution in [0.2, 0.25) is 0 Å². The number of anilines is 1. The lowest BCUT2D eigenvalue weighted by molar-refractivity contribution is 0.0545. The molecule has 0 saturated carbocycles. The number of rotatable bonds is 5. The van der Waals surface area contributed by atoms with Crippen molar-refractivity contribution in [3.05, 3.63) is 60.2 Å². The second-order valence-electron chi connectivity index (χ2n) is 6.29. The number of nitrogens with zero attached hydrogens (tertiary/aromatic N) is 2. The molecule has 1 aliphatic rings. The first kappa shape index (κ1) is 19.3. The number of hydrogen-bond donors (Lipinski definition) is 1. The maximum atomic E-state index is 10.6. The van der Waals surface area contributed by atoms with E-state index < -0.39 is 6.10 Å². The van der Waals surface area contributed by atoms with E-state index in [1.807, 2.05) is 48.5 Å². The Morgan fingerprint density at radius 3 is 2.16 bits per heavy atom. The van der Waals surface area contributed by atoms with E-state index in [1.54, 1.807) is 7.11 Å². The summed E-state index contributed by atoms with van der Waals surface area (Å²) in [5, 5.41) is 10.6. The molecular formula is C21H30N2O2. The first-order chi connectivity index (χ1) is 11.7. The molecule has 1 fully saturated rings. The van der Waals surface area contributed by atoms with Crippen molar-refractivity contribution >= 4 is 5.69 Å². The highest BCUT2D eigenvalue weighted by atomic mass is 16.5. The van der Waals surface area contributed by atoms with Gasteiger partial charge in [0, 0.05) is 32.2 Å². The monoisotopic (exact) mass is 342 g/mol. The summed E-state index contributed by atoms with van der Waals surface area (Å²) >= 11 is 0. The number of benzene rings is 2. The number of hydrogen-bond acceptors (Lipinski definition) is 4. The Hall–Kier alpha value is -2.04. The average molecular weight is 342 g/mol. The second-order valence-corrected chi connectivity index (χ2v) is 6.29. The SMILES string of the molecule is C.COc1ccccc1N1CCN(C(C)C(O)c2ccccc2)CC1. The number of aliphatic hydroxyl groups excluding tert-OH is 1. The van der Waals surface area contributed by atoms with E-state index in [2.05, 4.69) is 22.8 Å². The van der Waals surface area contributed by atoms with E-state index in [1.165, 1.54) is 0 Å². The van der Waals surface area contributed by atoms with Gasteiger partial charge in [-0.2, -0.15) is 0 Å². The van der Waals surface area contributed by atoms with E-state index in [9.17, 15) is 5.11 Å². The van der Waals surface area contributed by atoms with E-state index in [0.717, 1.165) is 43.2 Å². The standard InChI is InChI=1S/C20H26N2O2.CH4/c1-16(20(23)17-8-4-3-5-9-17)21-12-14-22(15-13-21)18-10-6-7-11-19(18)24-2;/h3-11,16,20,23H,12-15H2,1-2H3;1H4. The number of ether oxygens (including phenoxy) is 1. The Kier molecular flexibility index (Phi) is 6.85. The van der Waals surface area contributed by atoms with Gasteiger partial charge >= 0.3 is 0 Å². The van der Waals surface area contributed by atoms with Gasteiger partial charge in [-0.3, -0.25) is 4.90 Å². The lowest BCUT2D eigenvalue weighted by Gasteiger charge is -2.40. The van der Waals surface area contributed by atoms with Crippen LogP contribution in [0.3, 0.4) is 0 Å². The van der Waals surface area contributed by atoms with Gasteiger partial charge in [0.1, 0.15) is 5.75 Å². The van der Waals surface area contributed by atoms with Crippen molar-refractivity contribution in [2.75, 3.05) is 38.2 Å². The van der Waals surface area contributed by atoms with Gasteiger partial charge in [0.05, 0.1) is 18.9 Å². The molecule has 25 heavy (non-hydrogen) atoms. The van der Waals surface area contributed by atoms with E-state index in [0.29, 0.717) is 0 Å². The highest BCUT2D eigenvalue weighted by Gasteiger charge is 2.27. The van der Waals surface area contributed by atoms with E-state index in [4.69, 9.17) is 4.74 Å². The molecule has 1 saturated heterocycles. The van der Waals surface area contributed by atoms with Crippen LogP contribution >= 0.6 is 0 Å². The maximum absolute atomic E-state index is 10.6. The average Bonchev–Trinajstić information content (AvgIpc) is 2.67. The summed E-state index contributed by atoms with van der Waals surface area (Å²) in [6.45, 7) is 5.85. The Morgan fingerprint density at radius 1 is 0.920 bits per heavy atom. The van der Waals surface area contributed by atoms with Crippen molar-refractivity contribution in [3.63, 3.8) is 0 Å². The minimum Gasteiger partial charge on any atom is -0.495 e. The lowest BCUT2D eigenvalue weighted by Crippen LogP contribution is -2.51. The molecule has 0 aromatic heterocycles. The van der Waals surface area contributed by atoms with Gasteiger partial charge in [-0.1, -0.05) is 49.9 Å². The van der Waals surface area contributed by atoms with Crippen molar-refractivity contribution in [2.45, 2.75) is 26.5 Å². The third-order valence-corrected chi connectivity index (χ3v) is 4.91. The van der Waals surface area contributed by atoms with Crippen LogP contribution < -0.4 is 9.64 Å². The zero-order valence-electron chi connectivity index (χ0n) is 14.4. The molecule has 0 bridgehead atoms. The third-order valence-electron chi connectivity index (χ3n) is 4.91. The van der Waals surface area contributed by atoms with Crippen molar-refractivity contribution in [2.24, 2.45) is 0 Å². The zero-order valence-corrected chi connectivity index (χ0v) is 14.4. The molecule has 1 heterocycles. The Morgan fingerprint density at radius 2 is 1.52 bits per heavy atom. The third kappa shape index (κ3) is 4.33. The summed E-state index contributed by atoms with van der Waals surface area (Å²) in [6, 6.07) is 18.2. The molecule has 2 atom stereocenters. The highest BCUT2D eigenvalue weighted by molar-refractivity contribution is 5.58. The fraction of sp³-hybridized carbons (Fsp3) is 0.429. The summed E-state index contributed by atoms with van der Waals surface area (Å²) in [7, 11) is 1.72. The fourth-order valence-corrected chi connectivity index (χ4v) is 3.39. The van der Waals surface area contributed by atoms with Gasteiger partial charge in [-0.15, -0.1) is 0 Å². The molecular weight excluding hydrogens is 312 g/mol. The molecule has 3 rings (SSSR count). The summed E-state index contributed by atoms with van der Waals surface area (Å²) in [5.74, 6) is 0.920. The molecule has 4 nitrogen and oxygen atoms in total. The van der Waals surface area contributed by atoms with Gasteiger partial charge in [-0.25, -0.2) is 0 Å². The molecule has 0 radical (unpaired) electrons. The summed E-state index contributed by atoms with van der Waals surface area (Å²) < 4.78 is 5.47. The zero-order chi connectivity index (χ0) is 16.9. The Labute approximate surface area is 151 Å². The molecule has 2 aromatic carbocycles. The minimum absolute atomic E-state index is 0. The van der Waals surface area contributed by atoms with Gasteiger partial charge in [0.15, 0.2) is 0 Å². The molecule has 1 N–H and O–H groups in total. The van der Waals surface area contributed by atoms with Crippen LogP contribution in [0.4, 0.5) is 5.69 Å². The number of methoxy groups -OCH3 is 1. The van der Waals surface area contributed by atoms with Gasteiger partial charge in [0.2, 0.25) is 0 Å².